The van der Waals surface area contributed by atoms with Crippen LogP contribution in [-0.2, 0) is 11.2 Å². The predicted molar refractivity (Wildman–Crippen MR) is 103 cm³/mol. The van der Waals surface area contributed by atoms with Crippen molar-refractivity contribution in [1.29, 1.82) is 0 Å². The summed E-state index contributed by atoms with van der Waals surface area (Å²) in [6.07, 6.45) is 2.65. The molecule has 1 N–H and O–H groups in total. The molecule has 0 atom stereocenters. The predicted octanol–water partition coefficient (Wildman–Crippen LogP) is 4.70. The third kappa shape index (κ3) is 3.24. The molecule has 0 spiro atoms. The third-order valence-corrected chi connectivity index (χ3v) is 5.28. The van der Waals surface area contributed by atoms with Crippen LogP contribution in [-0.4, -0.2) is 23.4 Å². The topological polar surface area (TPSA) is 32.3 Å². The number of halogens is 1. The summed E-state index contributed by atoms with van der Waals surface area (Å²) in [7, 11) is 2.05. The normalized spacial score (nSPS) is 17.5. The van der Waals surface area contributed by atoms with E-state index in [1.165, 1.54) is 5.56 Å². The Balaban J connectivity index is 1.96. The van der Waals surface area contributed by atoms with Crippen molar-refractivity contribution >= 4 is 33.2 Å². The average Bonchev–Trinajstić information content (AvgIpc) is 2.54. The lowest BCUT2D eigenvalue weighted by Gasteiger charge is -2.44. The van der Waals surface area contributed by atoms with Gasteiger partial charge in [-0.15, -0.1) is 0 Å². The lowest BCUT2D eigenvalue weighted by atomic mass is 9.84. The molecule has 0 aliphatic carbocycles. The van der Waals surface area contributed by atoms with E-state index in [2.05, 4.69) is 58.2 Å². The van der Waals surface area contributed by atoms with Crippen LogP contribution in [0.25, 0.3) is 5.70 Å². The summed E-state index contributed by atoms with van der Waals surface area (Å²) < 4.78 is 0.870. The zero-order valence-electron chi connectivity index (χ0n) is 14.1. The van der Waals surface area contributed by atoms with Gasteiger partial charge in [-0.1, -0.05) is 36.4 Å². The van der Waals surface area contributed by atoms with Crippen LogP contribution < -0.4 is 5.32 Å². The average molecular weight is 385 g/mol. The molecule has 2 aromatic carbocycles. The fourth-order valence-electron chi connectivity index (χ4n) is 3.05. The first-order valence-electron chi connectivity index (χ1n) is 7.98. The molecule has 4 heteroatoms. The van der Waals surface area contributed by atoms with Crippen LogP contribution in [0.15, 0.2) is 59.1 Å². The molecule has 0 saturated carbocycles. The Hall–Kier alpha value is -2.07. The van der Waals surface area contributed by atoms with E-state index in [0.717, 1.165) is 27.8 Å². The molecule has 1 aliphatic heterocycles. The number of fused-ring (bicyclic) bond motifs is 1. The number of para-hydroxylation sites is 1. The molecular formula is C20H21BrN2O. The maximum Gasteiger partial charge on any atom is 0.250 e. The number of carbonyl (C=O) groups excluding carboxylic acids is 1. The van der Waals surface area contributed by atoms with Gasteiger partial charge in [-0.25, -0.2) is 0 Å². The number of nitrogens with zero attached hydrogens (tertiary/aromatic N) is 1. The van der Waals surface area contributed by atoms with E-state index in [-0.39, 0.29) is 11.4 Å². The lowest BCUT2D eigenvalue weighted by Crippen LogP contribution is -2.45. The number of benzene rings is 2. The van der Waals surface area contributed by atoms with Crippen molar-refractivity contribution in [2.24, 2.45) is 0 Å². The molecule has 124 valence electrons. The van der Waals surface area contributed by atoms with Gasteiger partial charge in [-0.2, -0.15) is 0 Å². The molecule has 24 heavy (non-hydrogen) atoms. The standard InChI is InChI=1S/C20H21BrN2O/c1-20(2)13-14-8-4-5-9-15(14)18(23(20)3)12-19(24)22-17-11-7-6-10-16(17)21/h4-12H,13H2,1-3H3,(H,22,24)/b18-12+. The minimum atomic E-state index is -0.128. The zero-order chi connectivity index (χ0) is 17.3. The summed E-state index contributed by atoms with van der Waals surface area (Å²) in [6.45, 7) is 4.39. The summed E-state index contributed by atoms with van der Waals surface area (Å²) in [5.41, 5.74) is 4.09. The van der Waals surface area contributed by atoms with Crippen LogP contribution >= 0.6 is 15.9 Å². The van der Waals surface area contributed by atoms with Gasteiger partial charge in [0.2, 0.25) is 5.91 Å². The Kier molecular flexibility index (Phi) is 4.50. The van der Waals surface area contributed by atoms with Crippen molar-refractivity contribution in [1.82, 2.24) is 4.90 Å². The highest BCUT2D eigenvalue weighted by Crippen LogP contribution is 2.36. The van der Waals surface area contributed by atoms with E-state index < -0.39 is 0 Å². The van der Waals surface area contributed by atoms with E-state index in [4.69, 9.17) is 0 Å². The number of hydrogen-bond donors (Lipinski definition) is 1. The van der Waals surface area contributed by atoms with Gasteiger partial charge in [0.1, 0.15) is 0 Å². The Bertz CT molecular complexity index is 811. The molecule has 2 aromatic rings. The molecule has 3 rings (SSSR count). The fraction of sp³-hybridized carbons (Fsp3) is 0.250. The summed E-state index contributed by atoms with van der Waals surface area (Å²) in [6, 6.07) is 15.9. The van der Waals surface area contributed by atoms with Crippen molar-refractivity contribution in [3.63, 3.8) is 0 Å². The highest BCUT2D eigenvalue weighted by Gasteiger charge is 2.33. The van der Waals surface area contributed by atoms with Crippen molar-refractivity contribution in [3.05, 3.63) is 70.2 Å². The van der Waals surface area contributed by atoms with E-state index in [1.54, 1.807) is 6.08 Å². The Morgan fingerprint density at radius 3 is 2.58 bits per heavy atom. The molecule has 0 bridgehead atoms. The second-order valence-electron chi connectivity index (χ2n) is 6.70. The SMILES string of the molecule is CN1/C(=C/C(=O)Nc2ccccc2Br)c2ccccc2CC1(C)C. The van der Waals surface area contributed by atoms with Gasteiger partial charge in [-0.05, 0) is 53.9 Å². The number of rotatable bonds is 2. The van der Waals surface area contributed by atoms with Gasteiger partial charge in [0.25, 0.3) is 0 Å². The number of carbonyl (C=O) groups is 1. The molecule has 0 radical (unpaired) electrons. The lowest BCUT2D eigenvalue weighted by molar-refractivity contribution is -0.111. The first-order chi connectivity index (χ1) is 11.4. The highest BCUT2D eigenvalue weighted by atomic mass is 79.9. The monoisotopic (exact) mass is 384 g/mol. The van der Waals surface area contributed by atoms with Crippen LogP contribution in [0.4, 0.5) is 5.69 Å². The van der Waals surface area contributed by atoms with Crippen LogP contribution in [0.1, 0.15) is 25.0 Å². The zero-order valence-corrected chi connectivity index (χ0v) is 15.7. The minimum Gasteiger partial charge on any atom is -0.368 e. The van der Waals surface area contributed by atoms with E-state index >= 15 is 0 Å². The van der Waals surface area contributed by atoms with Gasteiger partial charge in [0, 0.05) is 34.4 Å². The Morgan fingerprint density at radius 2 is 1.83 bits per heavy atom. The van der Waals surface area contributed by atoms with Crippen LogP contribution in [0, 0.1) is 0 Å². The van der Waals surface area contributed by atoms with Gasteiger partial charge < -0.3 is 10.2 Å². The first kappa shape index (κ1) is 16.8. The largest absolute Gasteiger partial charge is 0.368 e. The maximum atomic E-state index is 12.6. The van der Waals surface area contributed by atoms with Crippen molar-refractivity contribution in [3.8, 4) is 0 Å². The van der Waals surface area contributed by atoms with Gasteiger partial charge in [0.05, 0.1) is 5.69 Å². The van der Waals surface area contributed by atoms with Crippen LogP contribution in [0.2, 0.25) is 0 Å². The third-order valence-electron chi connectivity index (χ3n) is 4.59. The molecule has 0 fully saturated rings. The van der Waals surface area contributed by atoms with Gasteiger partial charge in [-0.3, -0.25) is 4.79 Å². The molecule has 1 heterocycles. The quantitative estimate of drug-likeness (QED) is 0.761. The number of likely N-dealkylation sites (N-methyl/N-ethyl adjacent to an activating group) is 1. The number of hydrogen-bond acceptors (Lipinski definition) is 2. The van der Waals surface area contributed by atoms with Crippen molar-refractivity contribution in [2.45, 2.75) is 25.8 Å². The molecule has 0 saturated heterocycles. The van der Waals surface area contributed by atoms with Crippen molar-refractivity contribution < 1.29 is 4.79 Å². The molecule has 0 unspecified atom stereocenters. The maximum absolute atomic E-state index is 12.6. The Morgan fingerprint density at radius 1 is 1.17 bits per heavy atom. The summed E-state index contributed by atoms with van der Waals surface area (Å²) in [4.78, 5) is 14.8. The minimum absolute atomic E-state index is 0.0339. The molecule has 1 amide bonds. The smallest absolute Gasteiger partial charge is 0.250 e. The number of nitrogens with one attached hydrogen (secondary N) is 1. The number of anilines is 1. The van der Waals surface area contributed by atoms with E-state index in [9.17, 15) is 4.79 Å². The van der Waals surface area contributed by atoms with E-state index in [0.29, 0.717) is 0 Å². The van der Waals surface area contributed by atoms with Crippen LogP contribution in [0.5, 0.6) is 0 Å². The summed E-state index contributed by atoms with van der Waals surface area (Å²) in [5.74, 6) is -0.128. The van der Waals surface area contributed by atoms with Gasteiger partial charge >= 0.3 is 0 Å². The van der Waals surface area contributed by atoms with Gasteiger partial charge in [0.15, 0.2) is 0 Å². The molecule has 3 nitrogen and oxygen atoms in total. The number of amides is 1. The highest BCUT2D eigenvalue weighted by molar-refractivity contribution is 9.10. The second-order valence-corrected chi connectivity index (χ2v) is 7.56. The summed E-state index contributed by atoms with van der Waals surface area (Å²) in [5, 5.41) is 2.95. The van der Waals surface area contributed by atoms with Crippen molar-refractivity contribution in [2.75, 3.05) is 12.4 Å². The fourth-order valence-corrected chi connectivity index (χ4v) is 3.43. The Labute approximate surface area is 151 Å². The van der Waals surface area contributed by atoms with E-state index in [1.807, 2.05) is 37.4 Å². The first-order valence-corrected chi connectivity index (χ1v) is 8.77. The molecule has 0 aromatic heterocycles. The van der Waals surface area contributed by atoms with Crippen LogP contribution in [0.3, 0.4) is 0 Å². The molecule has 1 aliphatic rings. The molecular weight excluding hydrogens is 364 g/mol. The summed E-state index contributed by atoms with van der Waals surface area (Å²) >= 11 is 3.46. The second kappa shape index (κ2) is 6.44.